The Morgan fingerprint density at radius 1 is 1.30 bits per heavy atom. The van der Waals surface area contributed by atoms with Crippen molar-refractivity contribution in [3.63, 3.8) is 0 Å². The Morgan fingerprint density at radius 3 is 2.20 bits per heavy atom. The molecular weight excluding hydrogens is 148 g/mol. The zero-order valence-corrected chi connectivity index (χ0v) is 7.78. The van der Waals surface area contributed by atoms with Crippen LogP contribution in [0.1, 0.15) is 39.5 Å². The fourth-order valence-electron chi connectivity index (χ4n) is 0.917. The summed E-state index contributed by atoms with van der Waals surface area (Å²) in [5, 5.41) is 8.75. The largest absolute Gasteiger partial charge is 0.396 e. The topological polar surface area (TPSA) is 20.2 Å². The van der Waals surface area contributed by atoms with E-state index in [9.17, 15) is 0 Å². The average Bonchev–Trinajstić information content (AvgIpc) is 1.91. The highest BCUT2D eigenvalue weighted by Crippen LogP contribution is 2.10. The molecule has 64 valence electrons. The second-order valence-electron chi connectivity index (χ2n) is 2.60. The number of unbranched alkanes of at least 4 members (excludes halogenated alkanes) is 1. The summed E-state index contributed by atoms with van der Waals surface area (Å²) in [5.74, 6) is 0.560. The second kappa shape index (κ2) is 9.25. The predicted octanol–water partition coefficient (Wildman–Crippen LogP) is 2.62. The van der Waals surface area contributed by atoms with Gasteiger partial charge in [-0.2, -0.15) is 0 Å². The number of aliphatic hydroxyl groups is 1. The van der Waals surface area contributed by atoms with Crippen LogP contribution in [-0.4, -0.2) is 11.7 Å². The van der Waals surface area contributed by atoms with Gasteiger partial charge in [0.2, 0.25) is 0 Å². The van der Waals surface area contributed by atoms with Crippen molar-refractivity contribution in [3.8, 4) is 0 Å². The maximum absolute atomic E-state index is 8.75. The number of hydrogen-bond donors (Lipinski definition) is 1. The summed E-state index contributed by atoms with van der Waals surface area (Å²) < 4.78 is 0. The van der Waals surface area contributed by atoms with E-state index in [1.807, 2.05) is 0 Å². The third-order valence-electron chi connectivity index (χ3n) is 1.80. The van der Waals surface area contributed by atoms with Gasteiger partial charge in [0.1, 0.15) is 0 Å². The number of hydrogen-bond acceptors (Lipinski definition) is 1. The van der Waals surface area contributed by atoms with E-state index >= 15 is 0 Å². The zero-order chi connectivity index (χ0) is 7.11. The van der Waals surface area contributed by atoms with Crippen LogP contribution >= 0.6 is 12.4 Å². The predicted molar refractivity (Wildman–Crippen MR) is 47.6 cm³/mol. The summed E-state index contributed by atoms with van der Waals surface area (Å²) in [4.78, 5) is 0. The first-order chi connectivity index (χ1) is 4.35. The highest BCUT2D eigenvalue weighted by Gasteiger charge is 2.01. The summed E-state index contributed by atoms with van der Waals surface area (Å²) in [6.07, 6.45) is 4.83. The van der Waals surface area contributed by atoms with E-state index in [4.69, 9.17) is 5.11 Å². The molecule has 1 N–H and O–H groups in total. The Hall–Kier alpha value is 0.250. The van der Waals surface area contributed by atoms with Gasteiger partial charge in [-0.1, -0.05) is 33.1 Å². The fourth-order valence-corrected chi connectivity index (χ4v) is 0.917. The Morgan fingerprint density at radius 2 is 1.90 bits per heavy atom. The van der Waals surface area contributed by atoms with Crippen molar-refractivity contribution in [2.75, 3.05) is 6.61 Å². The second-order valence-corrected chi connectivity index (χ2v) is 2.60. The van der Waals surface area contributed by atoms with Gasteiger partial charge >= 0.3 is 0 Å². The van der Waals surface area contributed by atoms with Gasteiger partial charge in [-0.25, -0.2) is 0 Å². The Bertz CT molecular complexity index is 53.2. The lowest BCUT2D eigenvalue weighted by molar-refractivity contribution is 0.212. The third kappa shape index (κ3) is 6.37. The van der Waals surface area contributed by atoms with Crippen LogP contribution in [0.3, 0.4) is 0 Å². The summed E-state index contributed by atoms with van der Waals surface area (Å²) in [7, 11) is 0. The molecule has 0 aromatic carbocycles. The zero-order valence-electron chi connectivity index (χ0n) is 6.97. The molecule has 1 atom stereocenters. The van der Waals surface area contributed by atoms with Crippen molar-refractivity contribution < 1.29 is 5.11 Å². The van der Waals surface area contributed by atoms with Gasteiger partial charge in [0.05, 0.1) is 0 Å². The molecule has 0 spiro atoms. The maximum atomic E-state index is 8.75. The van der Waals surface area contributed by atoms with Crippen molar-refractivity contribution in [1.82, 2.24) is 0 Å². The minimum atomic E-state index is 0. The molecule has 0 radical (unpaired) electrons. The fraction of sp³-hybridized carbons (Fsp3) is 1.00. The molecule has 0 bridgehead atoms. The molecule has 0 aromatic heterocycles. The number of aliphatic hydroxyl groups excluding tert-OH is 1. The van der Waals surface area contributed by atoms with Crippen molar-refractivity contribution in [3.05, 3.63) is 0 Å². The summed E-state index contributed by atoms with van der Waals surface area (Å²) in [6.45, 7) is 4.69. The Balaban J connectivity index is 0. The molecule has 0 aromatic rings. The maximum Gasteiger partial charge on any atom is 0.0459 e. The number of rotatable bonds is 5. The molecule has 0 saturated carbocycles. The van der Waals surface area contributed by atoms with Crippen LogP contribution in [0.4, 0.5) is 0 Å². The van der Waals surface area contributed by atoms with Gasteiger partial charge in [0, 0.05) is 6.61 Å². The standard InChI is InChI=1S/C8H18O.ClH/c1-3-5-6-8(4-2)7-9;/h8-9H,3-7H2,1-2H3;1H. The first-order valence-electron chi connectivity index (χ1n) is 3.96. The van der Waals surface area contributed by atoms with Gasteiger partial charge < -0.3 is 5.11 Å². The van der Waals surface area contributed by atoms with Gasteiger partial charge in [-0.3, -0.25) is 0 Å². The van der Waals surface area contributed by atoms with Gasteiger partial charge in [-0.05, 0) is 12.3 Å². The minimum Gasteiger partial charge on any atom is -0.396 e. The van der Waals surface area contributed by atoms with Crippen LogP contribution in [0.25, 0.3) is 0 Å². The molecule has 10 heavy (non-hydrogen) atoms. The minimum absolute atomic E-state index is 0. The van der Waals surface area contributed by atoms with Crippen molar-refractivity contribution in [2.24, 2.45) is 5.92 Å². The van der Waals surface area contributed by atoms with Crippen LogP contribution in [0.5, 0.6) is 0 Å². The molecule has 0 fully saturated rings. The van der Waals surface area contributed by atoms with Crippen molar-refractivity contribution >= 4 is 12.4 Å². The van der Waals surface area contributed by atoms with Crippen LogP contribution in [-0.2, 0) is 0 Å². The van der Waals surface area contributed by atoms with Crippen LogP contribution in [0.2, 0.25) is 0 Å². The lowest BCUT2D eigenvalue weighted by Crippen LogP contribution is -2.03. The molecule has 0 amide bonds. The summed E-state index contributed by atoms with van der Waals surface area (Å²) in [5.41, 5.74) is 0. The SMILES string of the molecule is CCCCC(CC)CO.Cl. The third-order valence-corrected chi connectivity index (χ3v) is 1.80. The molecule has 1 nitrogen and oxygen atoms in total. The van der Waals surface area contributed by atoms with Gasteiger partial charge in [0.25, 0.3) is 0 Å². The van der Waals surface area contributed by atoms with Crippen LogP contribution in [0, 0.1) is 5.92 Å². The van der Waals surface area contributed by atoms with Crippen molar-refractivity contribution in [2.45, 2.75) is 39.5 Å². The van der Waals surface area contributed by atoms with E-state index < -0.39 is 0 Å². The molecule has 2 heteroatoms. The molecule has 0 heterocycles. The van der Waals surface area contributed by atoms with E-state index in [2.05, 4.69) is 13.8 Å². The van der Waals surface area contributed by atoms with Crippen LogP contribution in [0.15, 0.2) is 0 Å². The summed E-state index contributed by atoms with van der Waals surface area (Å²) in [6, 6.07) is 0. The highest BCUT2D eigenvalue weighted by atomic mass is 35.5. The smallest absolute Gasteiger partial charge is 0.0459 e. The van der Waals surface area contributed by atoms with E-state index in [-0.39, 0.29) is 12.4 Å². The Kier molecular flexibility index (Phi) is 11.9. The van der Waals surface area contributed by atoms with Gasteiger partial charge in [-0.15, -0.1) is 12.4 Å². The molecular formula is C8H19ClO. The molecule has 0 aliphatic rings. The van der Waals surface area contributed by atoms with Crippen molar-refractivity contribution in [1.29, 1.82) is 0 Å². The average molecular weight is 167 g/mol. The number of halogens is 1. The van der Waals surface area contributed by atoms with Crippen LogP contribution < -0.4 is 0 Å². The molecule has 1 unspecified atom stereocenters. The Labute approximate surface area is 70.2 Å². The quantitative estimate of drug-likeness (QED) is 0.666. The first-order valence-corrected chi connectivity index (χ1v) is 3.96. The summed E-state index contributed by atoms with van der Waals surface area (Å²) >= 11 is 0. The molecule has 0 rings (SSSR count). The van der Waals surface area contributed by atoms with E-state index in [1.54, 1.807) is 0 Å². The van der Waals surface area contributed by atoms with E-state index in [0.717, 1.165) is 6.42 Å². The lowest BCUT2D eigenvalue weighted by atomic mass is 10.0. The monoisotopic (exact) mass is 166 g/mol. The van der Waals surface area contributed by atoms with E-state index in [1.165, 1.54) is 19.3 Å². The molecule has 0 aliphatic carbocycles. The highest BCUT2D eigenvalue weighted by molar-refractivity contribution is 5.85. The molecule has 0 saturated heterocycles. The molecule has 0 aliphatic heterocycles. The lowest BCUT2D eigenvalue weighted by Gasteiger charge is -2.08. The van der Waals surface area contributed by atoms with E-state index in [0.29, 0.717) is 12.5 Å². The van der Waals surface area contributed by atoms with Gasteiger partial charge in [0.15, 0.2) is 0 Å². The normalized spacial score (nSPS) is 12.3. The first kappa shape index (κ1) is 12.9.